The van der Waals surface area contributed by atoms with Crippen molar-refractivity contribution in [2.24, 2.45) is 4.99 Å². The van der Waals surface area contributed by atoms with E-state index in [2.05, 4.69) is 32.9 Å². The summed E-state index contributed by atoms with van der Waals surface area (Å²) in [6.07, 6.45) is -2.58. The number of hydrogen-bond acceptors (Lipinski definition) is 4. The largest absolute Gasteiger partial charge is 0.484 e. The normalized spacial score (nSPS) is 12.1. The van der Waals surface area contributed by atoms with E-state index < -0.39 is 12.8 Å². The monoisotopic (exact) mass is 414 g/mol. The number of guanidine groups is 1. The molecular formula is C19H25F3N4OS. The molecule has 0 aliphatic carbocycles. The van der Waals surface area contributed by atoms with Gasteiger partial charge in [-0.25, -0.2) is 9.98 Å². The Morgan fingerprint density at radius 1 is 1.18 bits per heavy atom. The third-order valence-corrected chi connectivity index (χ3v) is 4.71. The minimum Gasteiger partial charge on any atom is -0.484 e. The van der Waals surface area contributed by atoms with E-state index >= 15 is 0 Å². The van der Waals surface area contributed by atoms with Crippen LogP contribution in [0.15, 0.2) is 34.6 Å². The lowest BCUT2D eigenvalue weighted by Gasteiger charge is -2.11. The van der Waals surface area contributed by atoms with Crippen LogP contribution in [0.5, 0.6) is 5.75 Å². The smallest absolute Gasteiger partial charge is 0.422 e. The highest BCUT2D eigenvalue weighted by molar-refractivity contribution is 7.09. The Hall–Kier alpha value is -2.29. The Kier molecular flexibility index (Phi) is 8.56. The maximum absolute atomic E-state index is 12.2. The van der Waals surface area contributed by atoms with Crippen molar-refractivity contribution in [3.63, 3.8) is 0 Å². The molecule has 1 heterocycles. The molecule has 0 saturated carbocycles. The van der Waals surface area contributed by atoms with Gasteiger partial charge in [-0.3, -0.25) is 0 Å². The maximum Gasteiger partial charge on any atom is 0.422 e. The first kappa shape index (κ1) is 22.0. The molecular weight excluding hydrogens is 389 g/mol. The molecule has 0 atom stereocenters. The summed E-state index contributed by atoms with van der Waals surface area (Å²) in [6.45, 7) is 4.63. The van der Waals surface area contributed by atoms with Gasteiger partial charge in [0.2, 0.25) is 0 Å². The van der Waals surface area contributed by atoms with E-state index in [1.807, 2.05) is 6.92 Å². The van der Waals surface area contributed by atoms with E-state index in [-0.39, 0.29) is 5.75 Å². The van der Waals surface area contributed by atoms with Gasteiger partial charge in [-0.05, 0) is 31.0 Å². The van der Waals surface area contributed by atoms with Gasteiger partial charge in [0.05, 0.1) is 17.2 Å². The third kappa shape index (κ3) is 8.16. The van der Waals surface area contributed by atoms with Gasteiger partial charge in [0.1, 0.15) is 5.75 Å². The molecule has 2 aromatic rings. The average Bonchev–Trinajstić information content (AvgIpc) is 3.13. The first-order valence-corrected chi connectivity index (χ1v) is 10.0. The number of aryl methyl sites for hydroxylation is 1. The molecule has 2 rings (SSSR count). The highest BCUT2D eigenvalue weighted by Crippen LogP contribution is 2.19. The van der Waals surface area contributed by atoms with Crippen molar-refractivity contribution in [3.05, 3.63) is 45.9 Å². The van der Waals surface area contributed by atoms with Crippen molar-refractivity contribution in [1.82, 2.24) is 15.6 Å². The van der Waals surface area contributed by atoms with Crippen molar-refractivity contribution in [2.75, 3.05) is 19.7 Å². The first-order chi connectivity index (χ1) is 13.4. The topological polar surface area (TPSA) is 58.5 Å². The molecule has 9 heteroatoms. The summed E-state index contributed by atoms with van der Waals surface area (Å²) in [6, 6.07) is 6.45. The van der Waals surface area contributed by atoms with E-state index in [0.717, 1.165) is 35.7 Å². The highest BCUT2D eigenvalue weighted by atomic mass is 32.1. The fourth-order valence-electron chi connectivity index (χ4n) is 2.30. The first-order valence-electron chi connectivity index (χ1n) is 9.13. The number of nitrogens with one attached hydrogen (secondary N) is 2. The summed E-state index contributed by atoms with van der Waals surface area (Å²) < 4.78 is 41.2. The van der Waals surface area contributed by atoms with E-state index in [1.165, 1.54) is 12.1 Å². The maximum atomic E-state index is 12.2. The lowest BCUT2D eigenvalue weighted by Crippen LogP contribution is -2.38. The van der Waals surface area contributed by atoms with Crippen LogP contribution in [0.2, 0.25) is 0 Å². The Bertz CT molecular complexity index is 744. The van der Waals surface area contributed by atoms with Gasteiger partial charge >= 0.3 is 6.18 Å². The Labute approximate surface area is 167 Å². The quantitative estimate of drug-likeness (QED) is 0.482. The zero-order valence-corrected chi connectivity index (χ0v) is 16.8. The van der Waals surface area contributed by atoms with E-state index in [4.69, 9.17) is 4.74 Å². The fraction of sp³-hybridized carbons (Fsp3) is 0.474. The standard InChI is InChI=1S/C19H25F3N4OS/c1-3-17-26-15(12-28-17)9-10-24-18(23-4-2)25-11-14-5-7-16(8-6-14)27-13-19(20,21)22/h5-8,12H,3-4,9-11,13H2,1-2H3,(H2,23,24,25). The molecule has 0 unspecified atom stereocenters. The molecule has 0 aliphatic rings. The number of aromatic nitrogens is 1. The fourth-order valence-corrected chi connectivity index (χ4v) is 3.08. The molecule has 0 saturated heterocycles. The summed E-state index contributed by atoms with van der Waals surface area (Å²) in [5.41, 5.74) is 1.95. The van der Waals surface area contributed by atoms with Crippen molar-refractivity contribution in [1.29, 1.82) is 0 Å². The Morgan fingerprint density at radius 2 is 1.93 bits per heavy atom. The number of alkyl halides is 3. The third-order valence-electron chi connectivity index (χ3n) is 3.67. The number of nitrogens with zero attached hydrogens (tertiary/aromatic N) is 2. The van der Waals surface area contributed by atoms with Gasteiger partial charge in [-0.2, -0.15) is 13.2 Å². The zero-order valence-electron chi connectivity index (χ0n) is 16.0. The number of thiazole rings is 1. The van der Waals surface area contributed by atoms with Crippen molar-refractivity contribution >= 4 is 17.3 Å². The zero-order chi connectivity index (χ0) is 20.4. The molecule has 28 heavy (non-hydrogen) atoms. The second-order valence-electron chi connectivity index (χ2n) is 6.01. The Balaban J connectivity index is 1.83. The van der Waals surface area contributed by atoms with E-state index in [1.54, 1.807) is 23.5 Å². The lowest BCUT2D eigenvalue weighted by molar-refractivity contribution is -0.153. The van der Waals surface area contributed by atoms with Crippen LogP contribution in [0, 0.1) is 0 Å². The molecule has 1 aromatic heterocycles. The summed E-state index contributed by atoms with van der Waals surface area (Å²) in [7, 11) is 0. The molecule has 2 N–H and O–H groups in total. The van der Waals surface area contributed by atoms with Crippen LogP contribution < -0.4 is 15.4 Å². The average molecular weight is 414 g/mol. The Morgan fingerprint density at radius 3 is 2.54 bits per heavy atom. The summed E-state index contributed by atoms with van der Waals surface area (Å²) >= 11 is 1.67. The van der Waals surface area contributed by atoms with Crippen LogP contribution in [0.3, 0.4) is 0 Å². The molecule has 0 radical (unpaired) electrons. The lowest BCUT2D eigenvalue weighted by atomic mass is 10.2. The van der Waals surface area contributed by atoms with Crippen LogP contribution in [-0.4, -0.2) is 36.8 Å². The SMILES string of the molecule is CCNC(=NCc1ccc(OCC(F)(F)F)cc1)NCCc1csc(CC)n1. The van der Waals surface area contributed by atoms with Crippen LogP contribution in [0.1, 0.15) is 30.1 Å². The molecule has 0 bridgehead atoms. The van der Waals surface area contributed by atoms with Gasteiger partial charge in [-0.1, -0.05) is 19.1 Å². The highest BCUT2D eigenvalue weighted by Gasteiger charge is 2.28. The minimum atomic E-state index is -4.34. The molecule has 5 nitrogen and oxygen atoms in total. The molecule has 1 aromatic carbocycles. The summed E-state index contributed by atoms with van der Waals surface area (Å²) in [4.78, 5) is 9.05. The summed E-state index contributed by atoms with van der Waals surface area (Å²) in [5.74, 6) is 0.871. The minimum absolute atomic E-state index is 0.185. The van der Waals surface area contributed by atoms with Gasteiger partial charge in [0, 0.05) is 24.9 Å². The molecule has 0 fully saturated rings. The number of aliphatic imine (C=N–C) groups is 1. The summed E-state index contributed by atoms with van der Waals surface area (Å²) in [5, 5.41) is 9.66. The number of rotatable bonds is 9. The van der Waals surface area contributed by atoms with Gasteiger partial charge < -0.3 is 15.4 Å². The number of hydrogen-bond donors (Lipinski definition) is 2. The van der Waals surface area contributed by atoms with Gasteiger partial charge in [-0.15, -0.1) is 11.3 Å². The van der Waals surface area contributed by atoms with Crippen LogP contribution in [0.4, 0.5) is 13.2 Å². The molecule has 0 amide bonds. The number of ether oxygens (including phenoxy) is 1. The van der Waals surface area contributed by atoms with Crippen molar-refractivity contribution in [3.8, 4) is 5.75 Å². The second kappa shape index (κ2) is 10.9. The number of benzene rings is 1. The molecule has 0 aliphatic heterocycles. The predicted octanol–water partition coefficient (Wildman–Crippen LogP) is 3.94. The molecule has 0 spiro atoms. The van der Waals surface area contributed by atoms with E-state index in [9.17, 15) is 13.2 Å². The second-order valence-corrected chi connectivity index (χ2v) is 6.95. The predicted molar refractivity (Wildman–Crippen MR) is 106 cm³/mol. The number of halogens is 3. The van der Waals surface area contributed by atoms with Gasteiger partial charge in [0.15, 0.2) is 12.6 Å². The van der Waals surface area contributed by atoms with Crippen LogP contribution in [-0.2, 0) is 19.4 Å². The van der Waals surface area contributed by atoms with Crippen molar-refractivity contribution in [2.45, 2.75) is 39.4 Å². The van der Waals surface area contributed by atoms with E-state index in [0.29, 0.717) is 19.0 Å². The van der Waals surface area contributed by atoms with Crippen molar-refractivity contribution < 1.29 is 17.9 Å². The van der Waals surface area contributed by atoms with Gasteiger partial charge in [0.25, 0.3) is 0 Å². The van der Waals surface area contributed by atoms with Crippen LogP contribution in [0.25, 0.3) is 0 Å². The van der Waals surface area contributed by atoms with Crippen LogP contribution >= 0.6 is 11.3 Å². The molecule has 154 valence electrons.